The zero-order valence-corrected chi connectivity index (χ0v) is 20.4. The van der Waals surface area contributed by atoms with Crippen molar-refractivity contribution >= 4 is 35.0 Å². The quantitative estimate of drug-likeness (QED) is 0.615. The second kappa shape index (κ2) is 10.9. The number of hydrogen-bond acceptors (Lipinski definition) is 8. The molecule has 2 aliphatic heterocycles. The number of piperidine rings is 1. The molecule has 10 nitrogen and oxygen atoms in total. The fourth-order valence-corrected chi connectivity index (χ4v) is 4.33. The second-order valence-corrected chi connectivity index (χ2v) is 8.87. The van der Waals surface area contributed by atoms with Gasteiger partial charge in [0.15, 0.2) is 5.82 Å². The lowest BCUT2D eigenvalue weighted by Gasteiger charge is -2.29. The summed E-state index contributed by atoms with van der Waals surface area (Å²) in [6, 6.07) is 5.30. The Labute approximate surface area is 204 Å². The lowest BCUT2D eigenvalue weighted by atomic mass is 10.0. The van der Waals surface area contributed by atoms with E-state index in [1.807, 2.05) is 0 Å². The van der Waals surface area contributed by atoms with Crippen molar-refractivity contribution < 1.29 is 18.7 Å². The lowest BCUT2D eigenvalue weighted by Crippen LogP contribution is -2.43. The van der Waals surface area contributed by atoms with Crippen molar-refractivity contribution in [1.82, 2.24) is 20.2 Å². The molecule has 0 aliphatic carbocycles. The van der Waals surface area contributed by atoms with Crippen molar-refractivity contribution in [3.63, 3.8) is 0 Å². The predicted octanol–water partition coefficient (Wildman–Crippen LogP) is 2.20. The SMILES string of the molecule is COc1cc(C(=O)NC2CCN(C)CC2)ccc1Nc1ncc2c(n1)N(CCF)CCC(=O)N2C. The first-order chi connectivity index (χ1) is 16.9. The van der Waals surface area contributed by atoms with Crippen LogP contribution in [0.5, 0.6) is 5.75 Å². The van der Waals surface area contributed by atoms with Gasteiger partial charge in [0.1, 0.15) is 18.1 Å². The van der Waals surface area contributed by atoms with Gasteiger partial charge in [0.2, 0.25) is 11.9 Å². The highest BCUT2D eigenvalue weighted by molar-refractivity contribution is 5.97. The van der Waals surface area contributed by atoms with Gasteiger partial charge >= 0.3 is 0 Å². The average Bonchev–Trinajstić information content (AvgIpc) is 2.98. The number of ether oxygens (including phenoxy) is 1. The molecule has 2 aliphatic rings. The highest BCUT2D eigenvalue weighted by Crippen LogP contribution is 2.33. The van der Waals surface area contributed by atoms with Gasteiger partial charge in [0.05, 0.1) is 19.0 Å². The maximum atomic E-state index is 13.2. The minimum absolute atomic E-state index is 0.0762. The van der Waals surface area contributed by atoms with Gasteiger partial charge in [0, 0.05) is 38.2 Å². The molecular weight excluding hydrogens is 453 g/mol. The molecule has 0 radical (unpaired) electrons. The van der Waals surface area contributed by atoms with Crippen molar-refractivity contribution in [2.75, 3.05) is 69.2 Å². The van der Waals surface area contributed by atoms with Gasteiger partial charge in [-0.1, -0.05) is 0 Å². The molecule has 0 atom stereocenters. The number of likely N-dealkylation sites (tertiary alicyclic amines) is 1. The molecule has 188 valence electrons. The zero-order chi connectivity index (χ0) is 24.9. The summed E-state index contributed by atoms with van der Waals surface area (Å²) in [6.45, 7) is 1.88. The molecule has 2 amide bonds. The van der Waals surface area contributed by atoms with Crippen molar-refractivity contribution in [2.24, 2.45) is 0 Å². The Kier molecular flexibility index (Phi) is 7.64. The van der Waals surface area contributed by atoms with Crippen LogP contribution in [-0.4, -0.2) is 86.8 Å². The molecular formula is C24H32FN7O3. The van der Waals surface area contributed by atoms with Crippen molar-refractivity contribution in [2.45, 2.75) is 25.3 Å². The molecule has 1 saturated heterocycles. The van der Waals surface area contributed by atoms with Crippen LogP contribution in [0, 0.1) is 0 Å². The Hall–Kier alpha value is -3.47. The van der Waals surface area contributed by atoms with Crippen LogP contribution in [0.15, 0.2) is 24.4 Å². The number of halogens is 1. The van der Waals surface area contributed by atoms with Crippen molar-refractivity contribution in [3.05, 3.63) is 30.0 Å². The van der Waals surface area contributed by atoms with Gasteiger partial charge in [-0.15, -0.1) is 0 Å². The van der Waals surface area contributed by atoms with Crippen LogP contribution in [0.4, 0.5) is 27.5 Å². The number of rotatable bonds is 7. The summed E-state index contributed by atoms with van der Waals surface area (Å²) >= 11 is 0. The number of nitrogens with one attached hydrogen (secondary N) is 2. The maximum Gasteiger partial charge on any atom is 0.251 e. The highest BCUT2D eigenvalue weighted by Gasteiger charge is 2.26. The number of anilines is 4. The summed E-state index contributed by atoms with van der Waals surface area (Å²) in [7, 11) is 5.27. The van der Waals surface area contributed by atoms with E-state index in [9.17, 15) is 14.0 Å². The number of amides is 2. The Morgan fingerprint density at radius 1 is 1.23 bits per heavy atom. The van der Waals surface area contributed by atoms with Crippen molar-refractivity contribution in [1.29, 1.82) is 0 Å². The molecule has 3 heterocycles. The Morgan fingerprint density at radius 3 is 2.71 bits per heavy atom. The van der Waals surface area contributed by atoms with Crippen LogP contribution in [0.1, 0.15) is 29.6 Å². The Bertz CT molecular complexity index is 1080. The van der Waals surface area contributed by atoms with Crippen LogP contribution in [0.3, 0.4) is 0 Å². The summed E-state index contributed by atoms with van der Waals surface area (Å²) < 4.78 is 18.7. The van der Waals surface area contributed by atoms with Crippen LogP contribution < -0.4 is 25.2 Å². The van der Waals surface area contributed by atoms with Crippen LogP contribution in [0.25, 0.3) is 0 Å². The van der Waals surface area contributed by atoms with Crippen LogP contribution in [0.2, 0.25) is 0 Å². The monoisotopic (exact) mass is 485 g/mol. The van der Waals surface area contributed by atoms with E-state index in [0.717, 1.165) is 25.9 Å². The Balaban J connectivity index is 1.53. The molecule has 1 fully saturated rings. The molecule has 0 spiro atoms. The normalized spacial score (nSPS) is 17.1. The first-order valence-electron chi connectivity index (χ1n) is 11.8. The third-order valence-corrected chi connectivity index (χ3v) is 6.50. The summed E-state index contributed by atoms with van der Waals surface area (Å²) in [4.78, 5) is 39.5. The third-order valence-electron chi connectivity index (χ3n) is 6.50. The minimum atomic E-state index is -0.557. The summed E-state index contributed by atoms with van der Waals surface area (Å²) in [5.74, 6) is 1.01. The molecule has 0 unspecified atom stereocenters. The number of carbonyl (C=O) groups excluding carboxylic acids is 2. The molecule has 35 heavy (non-hydrogen) atoms. The first-order valence-corrected chi connectivity index (χ1v) is 11.8. The Morgan fingerprint density at radius 2 is 2.00 bits per heavy atom. The van der Waals surface area contributed by atoms with Crippen molar-refractivity contribution in [3.8, 4) is 5.75 Å². The van der Waals surface area contributed by atoms with E-state index in [0.29, 0.717) is 35.1 Å². The summed E-state index contributed by atoms with van der Waals surface area (Å²) in [5, 5.41) is 6.23. The summed E-state index contributed by atoms with van der Waals surface area (Å²) in [5.41, 5.74) is 1.61. The number of methoxy groups -OCH3 is 1. The van der Waals surface area contributed by atoms with Gasteiger partial charge in [-0.25, -0.2) is 9.37 Å². The second-order valence-electron chi connectivity index (χ2n) is 8.87. The molecule has 0 saturated carbocycles. The predicted molar refractivity (Wildman–Crippen MR) is 133 cm³/mol. The third kappa shape index (κ3) is 5.61. The topological polar surface area (TPSA) is 103 Å². The average molecular weight is 486 g/mol. The largest absolute Gasteiger partial charge is 0.495 e. The number of hydrogen-bond donors (Lipinski definition) is 2. The minimum Gasteiger partial charge on any atom is -0.495 e. The molecule has 4 rings (SSSR count). The van der Waals surface area contributed by atoms with E-state index in [1.54, 1.807) is 36.3 Å². The maximum absolute atomic E-state index is 13.2. The number of carbonyl (C=O) groups is 2. The van der Waals surface area contributed by atoms with E-state index < -0.39 is 6.67 Å². The van der Waals surface area contributed by atoms with Gasteiger partial charge in [0.25, 0.3) is 5.91 Å². The van der Waals surface area contributed by atoms with E-state index >= 15 is 0 Å². The lowest BCUT2D eigenvalue weighted by molar-refractivity contribution is -0.118. The van der Waals surface area contributed by atoms with Gasteiger partial charge in [-0.3, -0.25) is 9.59 Å². The fourth-order valence-electron chi connectivity index (χ4n) is 4.33. The number of alkyl halides is 1. The molecule has 1 aromatic heterocycles. The molecule has 1 aromatic carbocycles. The molecule has 2 aromatic rings. The fraction of sp³-hybridized carbons (Fsp3) is 0.500. The van der Waals surface area contributed by atoms with E-state index in [2.05, 4.69) is 32.5 Å². The molecule has 11 heteroatoms. The molecule has 2 N–H and O–H groups in total. The van der Waals surface area contributed by atoms with Crippen LogP contribution in [-0.2, 0) is 4.79 Å². The number of benzene rings is 1. The smallest absolute Gasteiger partial charge is 0.251 e. The zero-order valence-electron chi connectivity index (χ0n) is 20.4. The standard InChI is InChI=1S/C24H32FN7O3/c1-30-10-6-17(7-11-30)27-23(34)16-4-5-18(20(14-16)35-3)28-24-26-15-19-22(29-24)32(13-9-25)12-8-21(33)31(19)2/h4-5,14-15,17H,6-13H2,1-3H3,(H,27,34)(H,26,28,29). The number of fused-ring (bicyclic) bond motifs is 1. The first kappa shape index (κ1) is 24.6. The van der Waals surface area contributed by atoms with Gasteiger partial charge in [-0.05, 0) is 51.2 Å². The van der Waals surface area contributed by atoms with E-state index in [1.165, 1.54) is 12.0 Å². The molecule has 0 bridgehead atoms. The van der Waals surface area contributed by atoms with E-state index in [-0.39, 0.29) is 36.8 Å². The van der Waals surface area contributed by atoms with E-state index in [4.69, 9.17) is 4.74 Å². The van der Waals surface area contributed by atoms with Gasteiger partial charge in [-0.2, -0.15) is 4.98 Å². The number of aromatic nitrogens is 2. The number of nitrogens with zero attached hydrogens (tertiary/aromatic N) is 5. The van der Waals surface area contributed by atoms with Gasteiger partial charge < -0.3 is 30.1 Å². The summed E-state index contributed by atoms with van der Waals surface area (Å²) in [6.07, 6.45) is 3.67. The highest BCUT2D eigenvalue weighted by atomic mass is 19.1. The van der Waals surface area contributed by atoms with Crippen LogP contribution >= 0.6 is 0 Å².